The number of Topliss-reactive ketones (excluding diaryl/α,β-unsaturated/α-hetero) is 1. The number of nitrogens with one attached hydrogen (secondary N) is 1. The number of aliphatic hydroxyl groups is 1. The molecule has 0 spiro atoms. The molecule has 1 aliphatic rings. The molecule has 3 atom stereocenters. The van der Waals surface area contributed by atoms with Crippen LogP contribution in [0.25, 0.3) is 10.9 Å². The molecule has 1 saturated carbocycles. The number of rotatable bonds is 3. The lowest BCUT2D eigenvalue weighted by Crippen LogP contribution is -2.64. The lowest BCUT2D eigenvalue weighted by molar-refractivity contribution is -0.0124. The van der Waals surface area contributed by atoms with Gasteiger partial charge in [0.15, 0.2) is 5.78 Å². The average Bonchev–Trinajstić information content (AvgIpc) is 2.91. The Balaban J connectivity index is 0.00000225. The molecular formula is C18H25Cl2N3O2. The van der Waals surface area contributed by atoms with Gasteiger partial charge in [-0.1, -0.05) is 11.6 Å². The zero-order valence-electron chi connectivity index (χ0n) is 14.4. The van der Waals surface area contributed by atoms with E-state index in [-0.39, 0.29) is 24.1 Å². The number of benzene rings is 1. The summed E-state index contributed by atoms with van der Waals surface area (Å²) in [6, 6.07) is 6.69. The van der Waals surface area contributed by atoms with Crippen molar-refractivity contribution < 1.29 is 9.90 Å². The number of carbonyl (C=O) groups is 1. The molecule has 2 aromatic rings. The molecule has 1 fully saturated rings. The summed E-state index contributed by atoms with van der Waals surface area (Å²) >= 11 is 6.00. The SMILES string of the molecule is CC(C)(O)C1CCC(N)(C(=O)c2cc3cc(Cl)ccc3[nH]2)C(N)C1.Cl. The lowest BCUT2D eigenvalue weighted by Gasteiger charge is -2.44. The Morgan fingerprint density at radius 3 is 2.68 bits per heavy atom. The highest BCUT2D eigenvalue weighted by Crippen LogP contribution is 2.37. The van der Waals surface area contributed by atoms with Gasteiger partial charge in [0.05, 0.1) is 16.8 Å². The summed E-state index contributed by atoms with van der Waals surface area (Å²) in [5, 5.41) is 11.7. The van der Waals surface area contributed by atoms with Crippen molar-refractivity contribution in [1.29, 1.82) is 0 Å². The average molecular weight is 386 g/mol. The third-order valence-corrected chi connectivity index (χ3v) is 5.59. The molecule has 1 aliphatic carbocycles. The summed E-state index contributed by atoms with van der Waals surface area (Å²) in [6.45, 7) is 3.55. The van der Waals surface area contributed by atoms with Gasteiger partial charge in [-0.15, -0.1) is 12.4 Å². The second-order valence-electron chi connectivity index (χ2n) is 7.52. The Kier molecular flexibility index (Phi) is 5.57. The van der Waals surface area contributed by atoms with Crippen LogP contribution in [0.4, 0.5) is 0 Å². The zero-order valence-corrected chi connectivity index (χ0v) is 16.0. The first-order valence-corrected chi connectivity index (χ1v) is 8.59. The second-order valence-corrected chi connectivity index (χ2v) is 7.95. The standard InChI is InChI=1S/C18H24ClN3O2.ClH/c1-17(2,24)11-5-6-18(21,15(20)9-11)16(23)14-8-10-7-12(19)3-4-13(10)22-14;/h3-4,7-8,11,15,22,24H,5-6,9,20-21H2,1-2H3;1H. The third-order valence-electron chi connectivity index (χ3n) is 5.36. The number of ketones is 1. The van der Waals surface area contributed by atoms with Gasteiger partial charge >= 0.3 is 0 Å². The van der Waals surface area contributed by atoms with E-state index >= 15 is 0 Å². The molecular weight excluding hydrogens is 361 g/mol. The Morgan fingerprint density at radius 2 is 2.08 bits per heavy atom. The molecule has 3 unspecified atom stereocenters. The highest BCUT2D eigenvalue weighted by atomic mass is 35.5. The molecule has 25 heavy (non-hydrogen) atoms. The molecule has 3 rings (SSSR count). The summed E-state index contributed by atoms with van der Waals surface area (Å²) in [5.74, 6) is -0.144. The van der Waals surface area contributed by atoms with E-state index in [9.17, 15) is 9.90 Å². The summed E-state index contributed by atoms with van der Waals surface area (Å²) in [4.78, 5) is 16.1. The molecule has 0 aliphatic heterocycles. The number of aromatic amines is 1. The first-order chi connectivity index (χ1) is 11.1. The van der Waals surface area contributed by atoms with Crippen LogP contribution in [0.15, 0.2) is 24.3 Å². The summed E-state index contributed by atoms with van der Waals surface area (Å²) < 4.78 is 0. The maximum Gasteiger partial charge on any atom is 0.200 e. The topological polar surface area (TPSA) is 105 Å². The van der Waals surface area contributed by atoms with Crippen molar-refractivity contribution in [3.63, 3.8) is 0 Å². The van der Waals surface area contributed by atoms with Gasteiger partial charge in [0.2, 0.25) is 0 Å². The van der Waals surface area contributed by atoms with E-state index < -0.39 is 17.2 Å². The normalized spacial score (nSPS) is 27.1. The fourth-order valence-corrected chi connectivity index (χ4v) is 3.81. The molecule has 0 saturated heterocycles. The van der Waals surface area contributed by atoms with E-state index in [1.165, 1.54) is 0 Å². The van der Waals surface area contributed by atoms with Gasteiger partial charge in [-0.05, 0) is 63.3 Å². The number of fused-ring (bicyclic) bond motifs is 1. The molecule has 0 bridgehead atoms. The minimum atomic E-state index is -1.12. The first kappa shape index (κ1) is 20.2. The molecule has 1 heterocycles. The largest absolute Gasteiger partial charge is 0.390 e. The van der Waals surface area contributed by atoms with E-state index in [4.69, 9.17) is 23.1 Å². The quantitative estimate of drug-likeness (QED) is 0.609. The molecule has 0 radical (unpaired) electrons. The summed E-state index contributed by atoms with van der Waals surface area (Å²) in [7, 11) is 0. The highest BCUT2D eigenvalue weighted by molar-refractivity contribution is 6.31. The van der Waals surface area contributed by atoms with Crippen LogP contribution in [0.1, 0.15) is 43.6 Å². The van der Waals surface area contributed by atoms with Crippen LogP contribution in [0.2, 0.25) is 5.02 Å². The number of halogens is 2. The van der Waals surface area contributed by atoms with Crippen molar-refractivity contribution >= 4 is 40.7 Å². The number of hydrogen-bond acceptors (Lipinski definition) is 4. The second kappa shape index (κ2) is 6.89. The minimum Gasteiger partial charge on any atom is -0.390 e. The molecule has 1 aromatic carbocycles. The Morgan fingerprint density at radius 1 is 1.40 bits per heavy atom. The molecule has 0 amide bonds. The van der Waals surface area contributed by atoms with Gasteiger partial charge in [0.25, 0.3) is 0 Å². The van der Waals surface area contributed by atoms with Crippen molar-refractivity contribution in [1.82, 2.24) is 4.98 Å². The molecule has 5 nitrogen and oxygen atoms in total. The van der Waals surface area contributed by atoms with Gasteiger partial charge in [0.1, 0.15) is 0 Å². The van der Waals surface area contributed by atoms with Gasteiger partial charge < -0.3 is 21.6 Å². The van der Waals surface area contributed by atoms with Gasteiger partial charge in [0, 0.05) is 22.0 Å². The Hall–Kier alpha value is -1.11. The zero-order chi connectivity index (χ0) is 17.7. The van der Waals surface area contributed by atoms with Crippen LogP contribution < -0.4 is 11.5 Å². The number of H-pyrrole nitrogens is 1. The fourth-order valence-electron chi connectivity index (χ4n) is 3.63. The first-order valence-electron chi connectivity index (χ1n) is 8.21. The van der Waals surface area contributed by atoms with Gasteiger partial charge in [-0.25, -0.2) is 0 Å². The monoisotopic (exact) mass is 385 g/mol. The lowest BCUT2D eigenvalue weighted by atomic mass is 9.67. The number of carbonyl (C=O) groups excluding carboxylic acids is 1. The van der Waals surface area contributed by atoms with Gasteiger partial charge in [-0.2, -0.15) is 0 Å². The van der Waals surface area contributed by atoms with Crippen molar-refractivity contribution in [3.05, 3.63) is 35.0 Å². The third kappa shape index (κ3) is 3.71. The van der Waals surface area contributed by atoms with E-state index in [0.717, 1.165) is 10.9 Å². The number of hydrogen-bond donors (Lipinski definition) is 4. The van der Waals surface area contributed by atoms with Crippen LogP contribution >= 0.6 is 24.0 Å². The predicted octanol–water partition coefficient (Wildman–Crippen LogP) is 3.02. The van der Waals surface area contributed by atoms with Crippen molar-refractivity contribution in [2.75, 3.05) is 0 Å². The van der Waals surface area contributed by atoms with Crippen molar-refractivity contribution in [2.45, 2.75) is 50.3 Å². The number of aromatic nitrogens is 1. The fraction of sp³-hybridized carbons (Fsp3) is 0.500. The van der Waals surface area contributed by atoms with Crippen LogP contribution in [-0.2, 0) is 0 Å². The van der Waals surface area contributed by atoms with E-state index in [2.05, 4.69) is 4.98 Å². The van der Waals surface area contributed by atoms with Crippen LogP contribution in [-0.4, -0.2) is 33.1 Å². The number of nitrogens with two attached hydrogens (primary N) is 2. The van der Waals surface area contributed by atoms with E-state index in [0.29, 0.717) is 30.0 Å². The van der Waals surface area contributed by atoms with Crippen molar-refractivity contribution in [2.24, 2.45) is 17.4 Å². The summed E-state index contributed by atoms with van der Waals surface area (Å²) in [6.07, 6.45) is 1.65. The van der Waals surface area contributed by atoms with E-state index in [1.807, 2.05) is 6.07 Å². The highest BCUT2D eigenvalue weighted by Gasteiger charge is 2.47. The molecule has 6 N–H and O–H groups in total. The van der Waals surface area contributed by atoms with Crippen LogP contribution in [0.5, 0.6) is 0 Å². The van der Waals surface area contributed by atoms with E-state index in [1.54, 1.807) is 32.0 Å². The Bertz CT molecular complexity index is 784. The predicted molar refractivity (Wildman–Crippen MR) is 103 cm³/mol. The minimum absolute atomic E-state index is 0. The Labute approximate surface area is 158 Å². The maximum absolute atomic E-state index is 13.0. The van der Waals surface area contributed by atoms with Gasteiger partial charge in [-0.3, -0.25) is 4.79 Å². The smallest absolute Gasteiger partial charge is 0.200 e. The molecule has 138 valence electrons. The molecule has 7 heteroatoms. The molecule has 1 aromatic heterocycles. The van der Waals surface area contributed by atoms with Crippen LogP contribution in [0.3, 0.4) is 0 Å². The summed E-state index contributed by atoms with van der Waals surface area (Å²) in [5.41, 5.74) is 12.0. The maximum atomic E-state index is 13.0. The van der Waals surface area contributed by atoms with Crippen LogP contribution in [0, 0.1) is 5.92 Å². The van der Waals surface area contributed by atoms with Crippen molar-refractivity contribution in [3.8, 4) is 0 Å².